The molecule has 0 saturated heterocycles. The molecule has 0 aromatic heterocycles. The topological polar surface area (TPSA) is 58.6 Å². The molecule has 0 aliphatic heterocycles. The van der Waals surface area contributed by atoms with Gasteiger partial charge in [-0.05, 0) is 56.5 Å². The molecule has 2 amide bonds. The first kappa shape index (κ1) is 23.4. The molecule has 0 aliphatic carbocycles. The molecule has 2 atom stereocenters. The number of nitrogens with one attached hydrogen (secondary N) is 1. The van der Waals surface area contributed by atoms with Crippen molar-refractivity contribution >= 4 is 11.8 Å². The molecule has 0 spiro atoms. The van der Waals surface area contributed by atoms with Gasteiger partial charge in [0, 0.05) is 19.0 Å². The summed E-state index contributed by atoms with van der Waals surface area (Å²) in [5.41, 5.74) is 0.772. The maximum absolute atomic E-state index is 13.2. The Morgan fingerprint density at radius 2 is 1.73 bits per heavy atom. The molecule has 0 saturated carbocycles. The van der Waals surface area contributed by atoms with Crippen LogP contribution >= 0.6 is 0 Å². The Balaban J connectivity index is 2.00. The molecule has 2 aromatic rings. The van der Waals surface area contributed by atoms with Gasteiger partial charge in [0.2, 0.25) is 11.8 Å². The van der Waals surface area contributed by atoms with E-state index >= 15 is 0 Å². The molecule has 162 valence electrons. The fourth-order valence-corrected chi connectivity index (χ4v) is 2.91. The second kappa shape index (κ2) is 12.0. The van der Waals surface area contributed by atoms with E-state index in [0.29, 0.717) is 13.0 Å². The van der Waals surface area contributed by atoms with Crippen molar-refractivity contribution in [2.24, 2.45) is 0 Å². The summed E-state index contributed by atoms with van der Waals surface area (Å²) in [6, 6.07) is 14.8. The van der Waals surface area contributed by atoms with Gasteiger partial charge in [-0.1, -0.05) is 37.3 Å². The highest BCUT2D eigenvalue weighted by molar-refractivity contribution is 5.87. The minimum absolute atomic E-state index is 0.0296. The van der Waals surface area contributed by atoms with Crippen LogP contribution in [0.25, 0.3) is 0 Å². The lowest BCUT2D eigenvalue weighted by atomic mass is 10.1. The van der Waals surface area contributed by atoms with Crippen molar-refractivity contribution in [2.45, 2.75) is 58.7 Å². The normalized spacial score (nSPS) is 12.7. The third-order valence-corrected chi connectivity index (χ3v) is 4.98. The zero-order valence-corrected chi connectivity index (χ0v) is 17.9. The number of amides is 2. The molecule has 2 rings (SSSR count). The summed E-state index contributed by atoms with van der Waals surface area (Å²) in [4.78, 5) is 27.1. The third kappa shape index (κ3) is 7.50. The molecule has 0 aliphatic rings. The molecular formula is C24H31FN2O3. The molecule has 30 heavy (non-hydrogen) atoms. The molecular weight excluding hydrogens is 383 g/mol. The van der Waals surface area contributed by atoms with Crippen molar-refractivity contribution in [1.29, 1.82) is 0 Å². The number of ether oxygens (including phenoxy) is 1. The molecule has 0 fully saturated rings. The highest BCUT2D eigenvalue weighted by atomic mass is 19.1. The first-order chi connectivity index (χ1) is 14.4. The number of para-hydroxylation sites is 1. The van der Waals surface area contributed by atoms with Crippen LogP contribution in [0.1, 0.15) is 45.6 Å². The molecule has 2 aromatic carbocycles. The molecule has 6 heteroatoms. The molecule has 0 radical (unpaired) electrons. The number of benzene rings is 2. The SMILES string of the molecule is CC[C@H](C)NC(=O)[C@H](C)N(Cc1ccc(F)cc1)C(=O)CCCOc1ccccc1. The molecule has 0 bridgehead atoms. The van der Waals surface area contributed by atoms with Gasteiger partial charge in [0.1, 0.15) is 17.6 Å². The summed E-state index contributed by atoms with van der Waals surface area (Å²) >= 11 is 0. The second-order valence-corrected chi connectivity index (χ2v) is 7.41. The van der Waals surface area contributed by atoms with Gasteiger partial charge >= 0.3 is 0 Å². The lowest BCUT2D eigenvalue weighted by Gasteiger charge is -2.29. The van der Waals surface area contributed by atoms with Crippen LogP contribution in [-0.2, 0) is 16.1 Å². The minimum atomic E-state index is -0.633. The summed E-state index contributed by atoms with van der Waals surface area (Å²) in [5, 5.41) is 2.93. The Morgan fingerprint density at radius 3 is 2.37 bits per heavy atom. The van der Waals surface area contributed by atoms with Crippen LogP contribution in [0.2, 0.25) is 0 Å². The fraction of sp³-hybridized carbons (Fsp3) is 0.417. The Bertz CT molecular complexity index is 796. The van der Waals surface area contributed by atoms with Crippen molar-refractivity contribution in [2.75, 3.05) is 6.61 Å². The quantitative estimate of drug-likeness (QED) is 0.557. The second-order valence-electron chi connectivity index (χ2n) is 7.41. The van der Waals surface area contributed by atoms with Crippen LogP contribution in [0.15, 0.2) is 54.6 Å². The Kier molecular flexibility index (Phi) is 9.32. The fourth-order valence-electron chi connectivity index (χ4n) is 2.91. The monoisotopic (exact) mass is 414 g/mol. The van der Waals surface area contributed by atoms with Crippen molar-refractivity contribution in [3.05, 3.63) is 66.0 Å². The van der Waals surface area contributed by atoms with E-state index in [1.165, 1.54) is 12.1 Å². The molecule has 0 heterocycles. The van der Waals surface area contributed by atoms with Crippen molar-refractivity contribution in [3.8, 4) is 5.75 Å². The van der Waals surface area contributed by atoms with Crippen molar-refractivity contribution < 1.29 is 18.7 Å². The number of nitrogens with zero attached hydrogens (tertiary/aromatic N) is 1. The van der Waals surface area contributed by atoms with E-state index in [4.69, 9.17) is 4.74 Å². The van der Waals surface area contributed by atoms with Gasteiger partial charge in [-0.3, -0.25) is 9.59 Å². The zero-order chi connectivity index (χ0) is 21.9. The third-order valence-electron chi connectivity index (χ3n) is 4.98. The largest absolute Gasteiger partial charge is 0.494 e. The lowest BCUT2D eigenvalue weighted by Crippen LogP contribution is -2.49. The van der Waals surface area contributed by atoms with Gasteiger partial charge in [0.25, 0.3) is 0 Å². The molecule has 0 unspecified atom stereocenters. The first-order valence-electron chi connectivity index (χ1n) is 10.4. The van der Waals surface area contributed by atoms with Crippen LogP contribution in [0.3, 0.4) is 0 Å². The smallest absolute Gasteiger partial charge is 0.242 e. The lowest BCUT2D eigenvalue weighted by molar-refractivity contribution is -0.141. The van der Waals surface area contributed by atoms with Gasteiger partial charge < -0.3 is 15.0 Å². The standard InChI is InChI=1S/C24H31FN2O3/c1-4-18(2)26-24(29)19(3)27(17-20-12-14-21(25)15-13-20)23(28)11-8-16-30-22-9-6-5-7-10-22/h5-7,9-10,12-15,18-19H,4,8,11,16-17H2,1-3H3,(H,26,29)/t18-,19-/m0/s1. The number of carbonyl (C=O) groups excluding carboxylic acids is 2. The van der Waals surface area contributed by atoms with E-state index in [9.17, 15) is 14.0 Å². The molecule has 5 nitrogen and oxygen atoms in total. The van der Waals surface area contributed by atoms with E-state index in [0.717, 1.165) is 17.7 Å². The van der Waals surface area contributed by atoms with E-state index < -0.39 is 6.04 Å². The van der Waals surface area contributed by atoms with Gasteiger partial charge in [-0.15, -0.1) is 0 Å². The summed E-state index contributed by atoms with van der Waals surface area (Å²) in [6.07, 6.45) is 1.60. The average molecular weight is 415 g/mol. The van der Waals surface area contributed by atoms with E-state index in [-0.39, 0.29) is 36.6 Å². The van der Waals surface area contributed by atoms with E-state index in [2.05, 4.69) is 5.32 Å². The first-order valence-corrected chi connectivity index (χ1v) is 10.4. The van der Waals surface area contributed by atoms with Crippen LogP contribution in [0.4, 0.5) is 4.39 Å². The zero-order valence-electron chi connectivity index (χ0n) is 17.9. The summed E-state index contributed by atoms with van der Waals surface area (Å²) in [6.45, 7) is 6.29. The van der Waals surface area contributed by atoms with Gasteiger partial charge in [0.05, 0.1) is 6.61 Å². The summed E-state index contributed by atoms with van der Waals surface area (Å²) in [7, 11) is 0. The van der Waals surface area contributed by atoms with Crippen molar-refractivity contribution in [3.63, 3.8) is 0 Å². The maximum Gasteiger partial charge on any atom is 0.242 e. The summed E-state index contributed by atoms with van der Waals surface area (Å²) < 4.78 is 18.9. The predicted octanol–water partition coefficient (Wildman–Crippen LogP) is 4.32. The minimum Gasteiger partial charge on any atom is -0.494 e. The Morgan fingerprint density at radius 1 is 1.07 bits per heavy atom. The number of rotatable bonds is 11. The van der Waals surface area contributed by atoms with Gasteiger partial charge in [-0.2, -0.15) is 0 Å². The maximum atomic E-state index is 13.2. The number of hydrogen-bond acceptors (Lipinski definition) is 3. The number of hydrogen-bond donors (Lipinski definition) is 1. The predicted molar refractivity (Wildman–Crippen MR) is 115 cm³/mol. The van der Waals surface area contributed by atoms with Gasteiger partial charge in [-0.25, -0.2) is 4.39 Å². The Hall–Kier alpha value is -2.89. The highest BCUT2D eigenvalue weighted by Crippen LogP contribution is 2.14. The Labute approximate surface area is 178 Å². The van der Waals surface area contributed by atoms with Crippen molar-refractivity contribution in [1.82, 2.24) is 10.2 Å². The van der Waals surface area contributed by atoms with Crippen LogP contribution in [0.5, 0.6) is 5.75 Å². The highest BCUT2D eigenvalue weighted by Gasteiger charge is 2.26. The summed E-state index contributed by atoms with van der Waals surface area (Å²) in [5.74, 6) is 0.0924. The average Bonchev–Trinajstić information content (AvgIpc) is 2.76. The van der Waals surface area contributed by atoms with E-state index in [1.54, 1.807) is 24.0 Å². The van der Waals surface area contributed by atoms with Gasteiger partial charge in [0.15, 0.2) is 0 Å². The van der Waals surface area contributed by atoms with Crippen LogP contribution in [0, 0.1) is 5.82 Å². The van der Waals surface area contributed by atoms with Crippen LogP contribution in [-0.4, -0.2) is 35.4 Å². The van der Waals surface area contributed by atoms with Crippen LogP contribution < -0.4 is 10.1 Å². The molecule has 1 N–H and O–H groups in total. The number of halogens is 1. The number of carbonyl (C=O) groups is 2. The van der Waals surface area contributed by atoms with E-state index in [1.807, 2.05) is 44.2 Å².